The van der Waals surface area contributed by atoms with E-state index in [4.69, 9.17) is 27.9 Å². The molecule has 17 heavy (non-hydrogen) atoms. The summed E-state index contributed by atoms with van der Waals surface area (Å²) >= 11 is 11.4. The molecule has 1 heterocycles. The summed E-state index contributed by atoms with van der Waals surface area (Å²) in [7, 11) is 0. The van der Waals surface area contributed by atoms with Gasteiger partial charge in [-0.05, 0) is 29.8 Å². The highest BCUT2D eigenvalue weighted by Crippen LogP contribution is 2.22. The van der Waals surface area contributed by atoms with Gasteiger partial charge in [0, 0.05) is 12.3 Å². The van der Waals surface area contributed by atoms with Gasteiger partial charge in [-0.3, -0.25) is 0 Å². The minimum Gasteiger partial charge on any atom is -0.489 e. The lowest BCUT2D eigenvalue weighted by atomic mass is 10.3. The van der Waals surface area contributed by atoms with Crippen LogP contribution in [0, 0.1) is 5.82 Å². The molecular formula is C12H8Cl2FNO. The molecule has 0 amide bonds. The predicted molar refractivity (Wildman–Crippen MR) is 65.0 cm³/mol. The van der Waals surface area contributed by atoms with Crippen molar-refractivity contribution in [3.63, 3.8) is 0 Å². The first-order valence-electron chi connectivity index (χ1n) is 4.83. The van der Waals surface area contributed by atoms with Crippen LogP contribution < -0.4 is 4.74 Å². The number of hydrogen-bond acceptors (Lipinski definition) is 2. The van der Waals surface area contributed by atoms with Crippen LogP contribution in [0.25, 0.3) is 0 Å². The average Bonchev–Trinajstić information content (AvgIpc) is 2.31. The van der Waals surface area contributed by atoms with Crippen LogP contribution in [-0.4, -0.2) is 4.98 Å². The van der Waals surface area contributed by atoms with Crippen LogP contribution in [0.1, 0.15) is 5.56 Å². The molecule has 1 aromatic carbocycles. The number of rotatable bonds is 3. The van der Waals surface area contributed by atoms with E-state index in [1.165, 1.54) is 18.2 Å². The maximum atomic E-state index is 12.9. The van der Waals surface area contributed by atoms with E-state index in [1.807, 2.05) is 0 Å². The van der Waals surface area contributed by atoms with Crippen molar-refractivity contribution in [2.75, 3.05) is 0 Å². The second-order valence-corrected chi connectivity index (χ2v) is 4.15. The Bertz CT molecular complexity index is 534. The van der Waals surface area contributed by atoms with Crippen molar-refractivity contribution in [3.8, 4) is 5.75 Å². The zero-order valence-corrected chi connectivity index (χ0v) is 10.2. The third kappa shape index (κ3) is 3.32. The first-order chi connectivity index (χ1) is 8.15. The van der Waals surface area contributed by atoms with Gasteiger partial charge in [-0.25, -0.2) is 9.37 Å². The number of pyridine rings is 1. The van der Waals surface area contributed by atoms with Crippen LogP contribution in [0.4, 0.5) is 4.39 Å². The summed E-state index contributed by atoms with van der Waals surface area (Å²) < 4.78 is 18.3. The summed E-state index contributed by atoms with van der Waals surface area (Å²) in [6.45, 7) is 0.324. The van der Waals surface area contributed by atoms with Crippen molar-refractivity contribution in [2.24, 2.45) is 0 Å². The van der Waals surface area contributed by atoms with Gasteiger partial charge in [0.05, 0.1) is 5.02 Å². The molecule has 0 N–H and O–H groups in total. The Balaban J connectivity index is 2.05. The lowest BCUT2D eigenvalue weighted by molar-refractivity contribution is 0.305. The highest BCUT2D eigenvalue weighted by Gasteiger charge is 2.02. The number of benzene rings is 1. The fourth-order valence-corrected chi connectivity index (χ4v) is 1.63. The van der Waals surface area contributed by atoms with E-state index in [0.29, 0.717) is 17.5 Å². The Morgan fingerprint density at radius 3 is 2.71 bits per heavy atom. The first kappa shape index (κ1) is 12.1. The van der Waals surface area contributed by atoms with Gasteiger partial charge >= 0.3 is 0 Å². The number of aromatic nitrogens is 1. The molecule has 0 aliphatic heterocycles. The van der Waals surface area contributed by atoms with Crippen molar-refractivity contribution < 1.29 is 9.13 Å². The molecule has 0 saturated carbocycles. The van der Waals surface area contributed by atoms with Gasteiger partial charge in [0.2, 0.25) is 0 Å². The molecule has 0 bridgehead atoms. The zero-order valence-electron chi connectivity index (χ0n) is 8.66. The maximum Gasteiger partial charge on any atom is 0.142 e. The third-order valence-electron chi connectivity index (χ3n) is 2.09. The van der Waals surface area contributed by atoms with E-state index in [-0.39, 0.29) is 5.02 Å². The number of nitrogens with zero attached hydrogens (tertiary/aromatic N) is 1. The van der Waals surface area contributed by atoms with Crippen molar-refractivity contribution >= 4 is 23.2 Å². The second kappa shape index (κ2) is 5.34. The summed E-state index contributed by atoms with van der Waals surface area (Å²) in [5.74, 6) is 0.0373. The van der Waals surface area contributed by atoms with Gasteiger partial charge in [-0.2, -0.15) is 0 Å². The highest BCUT2D eigenvalue weighted by molar-refractivity contribution is 6.30. The lowest BCUT2D eigenvalue weighted by Gasteiger charge is -2.06. The fourth-order valence-electron chi connectivity index (χ4n) is 1.27. The van der Waals surface area contributed by atoms with Gasteiger partial charge in [-0.15, -0.1) is 0 Å². The van der Waals surface area contributed by atoms with E-state index in [0.717, 1.165) is 5.56 Å². The molecule has 5 heteroatoms. The SMILES string of the molecule is Fc1ccc(OCc2ccnc(Cl)c2)cc1Cl. The maximum absolute atomic E-state index is 12.9. The smallest absolute Gasteiger partial charge is 0.142 e. The second-order valence-electron chi connectivity index (χ2n) is 3.35. The van der Waals surface area contributed by atoms with Crippen molar-refractivity contribution in [2.45, 2.75) is 6.61 Å². The van der Waals surface area contributed by atoms with Gasteiger partial charge in [0.25, 0.3) is 0 Å². The summed E-state index contributed by atoms with van der Waals surface area (Å²) in [4.78, 5) is 3.86. The van der Waals surface area contributed by atoms with E-state index < -0.39 is 5.82 Å². The summed E-state index contributed by atoms with van der Waals surface area (Å²) in [6, 6.07) is 7.70. The highest BCUT2D eigenvalue weighted by atomic mass is 35.5. The minimum atomic E-state index is -0.467. The van der Waals surface area contributed by atoms with Crippen LogP contribution >= 0.6 is 23.2 Å². The number of hydrogen-bond donors (Lipinski definition) is 0. The largest absolute Gasteiger partial charge is 0.489 e. The van der Waals surface area contributed by atoms with E-state index in [1.54, 1.807) is 18.3 Å². The Labute approximate surface area is 108 Å². The van der Waals surface area contributed by atoms with Crippen LogP contribution in [0.15, 0.2) is 36.5 Å². The fraction of sp³-hybridized carbons (Fsp3) is 0.0833. The van der Waals surface area contributed by atoms with Crippen molar-refractivity contribution in [1.29, 1.82) is 0 Å². The van der Waals surface area contributed by atoms with E-state index in [2.05, 4.69) is 4.98 Å². The summed E-state index contributed by atoms with van der Waals surface area (Å²) in [5, 5.41) is 0.443. The molecule has 2 rings (SSSR count). The van der Waals surface area contributed by atoms with Gasteiger partial charge in [0.15, 0.2) is 0 Å². The molecule has 88 valence electrons. The third-order valence-corrected chi connectivity index (χ3v) is 2.58. The summed E-state index contributed by atoms with van der Waals surface area (Å²) in [6.07, 6.45) is 1.60. The molecule has 0 radical (unpaired) electrons. The molecule has 2 nitrogen and oxygen atoms in total. The molecule has 0 atom stereocenters. The normalized spacial score (nSPS) is 10.3. The molecule has 0 fully saturated rings. The quantitative estimate of drug-likeness (QED) is 0.784. The van der Waals surface area contributed by atoms with Crippen LogP contribution in [0.3, 0.4) is 0 Å². The van der Waals surface area contributed by atoms with Gasteiger partial charge in [-0.1, -0.05) is 23.2 Å². The molecular weight excluding hydrogens is 264 g/mol. The first-order valence-corrected chi connectivity index (χ1v) is 5.59. The van der Waals surface area contributed by atoms with E-state index in [9.17, 15) is 4.39 Å². The van der Waals surface area contributed by atoms with Crippen molar-refractivity contribution in [1.82, 2.24) is 4.98 Å². The Morgan fingerprint density at radius 1 is 1.18 bits per heavy atom. The Kier molecular flexibility index (Phi) is 3.82. The molecule has 0 aliphatic carbocycles. The topological polar surface area (TPSA) is 22.1 Å². The summed E-state index contributed by atoms with van der Waals surface area (Å²) in [5.41, 5.74) is 0.880. The van der Waals surface area contributed by atoms with Gasteiger partial charge in [0.1, 0.15) is 23.3 Å². The number of halogens is 3. The predicted octanol–water partition coefficient (Wildman–Crippen LogP) is 4.11. The standard InChI is InChI=1S/C12H8Cl2FNO/c13-10-6-9(1-2-11(10)15)17-7-8-3-4-16-12(14)5-8/h1-6H,7H2. The minimum absolute atomic E-state index is 0.0373. The Morgan fingerprint density at radius 2 is 2.00 bits per heavy atom. The van der Waals surface area contributed by atoms with Crippen molar-refractivity contribution in [3.05, 3.63) is 58.1 Å². The van der Waals surface area contributed by atoms with Crippen LogP contribution in [0.5, 0.6) is 5.75 Å². The van der Waals surface area contributed by atoms with Gasteiger partial charge < -0.3 is 4.74 Å². The average molecular weight is 272 g/mol. The monoisotopic (exact) mass is 271 g/mol. The lowest BCUT2D eigenvalue weighted by Crippen LogP contribution is -1.96. The molecule has 0 saturated heterocycles. The zero-order chi connectivity index (χ0) is 12.3. The Hall–Kier alpha value is -1.32. The molecule has 2 aromatic rings. The molecule has 0 unspecified atom stereocenters. The van der Waals surface area contributed by atoms with E-state index >= 15 is 0 Å². The number of ether oxygens (including phenoxy) is 1. The molecule has 0 aliphatic rings. The van der Waals surface area contributed by atoms with Crippen LogP contribution in [-0.2, 0) is 6.61 Å². The van der Waals surface area contributed by atoms with Crippen LogP contribution in [0.2, 0.25) is 10.2 Å². The molecule has 1 aromatic heterocycles. The molecule has 0 spiro atoms.